The molecular formula is C16H23FN2O2. The second-order valence-electron chi connectivity index (χ2n) is 6.35. The van der Waals surface area contributed by atoms with Crippen LogP contribution in [0.5, 0.6) is 0 Å². The Labute approximate surface area is 125 Å². The summed E-state index contributed by atoms with van der Waals surface area (Å²) < 4.78 is 19.2. The van der Waals surface area contributed by atoms with Crippen LogP contribution in [-0.4, -0.2) is 36.2 Å². The fourth-order valence-electron chi connectivity index (χ4n) is 2.51. The van der Waals surface area contributed by atoms with Crippen molar-refractivity contribution in [2.75, 3.05) is 19.6 Å². The molecule has 1 aliphatic rings. The van der Waals surface area contributed by atoms with Crippen molar-refractivity contribution >= 4 is 6.09 Å². The van der Waals surface area contributed by atoms with E-state index in [2.05, 4.69) is 5.32 Å². The maximum absolute atomic E-state index is 13.8. The lowest BCUT2D eigenvalue weighted by atomic mass is 9.98. The Kier molecular flexibility index (Phi) is 4.52. The molecule has 5 heteroatoms. The number of rotatable bonds is 1. The van der Waals surface area contributed by atoms with Crippen molar-refractivity contribution in [2.24, 2.45) is 0 Å². The molecule has 1 aromatic carbocycles. The first-order valence-electron chi connectivity index (χ1n) is 7.25. The zero-order valence-corrected chi connectivity index (χ0v) is 13.1. The minimum absolute atomic E-state index is 0.204. The van der Waals surface area contributed by atoms with E-state index in [0.29, 0.717) is 25.2 Å². The van der Waals surface area contributed by atoms with Gasteiger partial charge < -0.3 is 10.1 Å². The zero-order chi connectivity index (χ0) is 15.6. The first-order chi connectivity index (χ1) is 9.79. The van der Waals surface area contributed by atoms with Gasteiger partial charge in [-0.15, -0.1) is 0 Å². The van der Waals surface area contributed by atoms with Crippen LogP contribution >= 0.6 is 0 Å². The molecule has 1 aliphatic heterocycles. The monoisotopic (exact) mass is 294 g/mol. The lowest BCUT2D eigenvalue weighted by Crippen LogP contribution is -2.50. The Balaban J connectivity index is 2.27. The van der Waals surface area contributed by atoms with Gasteiger partial charge in [0.15, 0.2) is 0 Å². The molecule has 0 saturated carbocycles. The van der Waals surface area contributed by atoms with E-state index in [-0.39, 0.29) is 18.0 Å². The second kappa shape index (κ2) is 6.02. The molecule has 2 rings (SSSR count). The highest BCUT2D eigenvalue weighted by Crippen LogP contribution is 2.28. The lowest BCUT2D eigenvalue weighted by Gasteiger charge is -2.38. The van der Waals surface area contributed by atoms with Crippen LogP contribution in [-0.2, 0) is 4.74 Å². The van der Waals surface area contributed by atoms with E-state index in [1.165, 1.54) is 6.07 Å². The highest BCUT2D eigenvalue weighted by atomic mass is 19.1. The number of nitrogens with zero attached hydrogens (tertiary/aromatic N) is 1. The zero-order valence-electron chi connectivity index (χ0n) is 13.1. The Hall–Kier alpha value is -1.62. The van der Waals surface area contributed by atoms with Crippen LogP contribution in [0, 0.1) is 12.7 Å². The van der Waals surface area contributed by atoms with Crippen molar-refractivity contribution in [3.05, 3.63) is 35.1 Å². The van der Waals surface area contributed by atoms with Crippen LogP contribution in [0.1, 0.15) is 37.9 Å². The molecule has 0 radical (unpaired) electrons. The third-order valence-electron chi connectivity index (χ3n) is 3.54. The van der Waals surface area contributed by atoms with Gasteiger partial charge in [-0.05, 0) is 44.9 Å². The average molecular weight is 294 g/mol. The minimum Gasteiger partial charge on any atom is -0.444 e. The number of ether oxygens (including phenoxy) is 1. The Morgan fingerprint density at radius 3 is 2.81 bits per heavy atom. The molecule has 0 aliphatic carbocycles. The van der Waals surface area contributed by atoms with Gasteiger partial charge in [0.25, 0.3) is 0 Å². The summed E-state index contributed by atoms with van der Waals surface area (Å²) in [6.07, 6.45) is -0.349. The van der Waals surface area contributed by atoms with E-state index >= 15 is 0 Å². The Morgan fingerprint density at radius 1 is 1.43 bits per heavy atom. The maximum atomic E-state index is 13.8. The van der Waals surface area contributed by atoms with Crippen molar-refractivity contribution in [2.45, 2.75) is 39.3 Å². The summed E-state index contributed by atoms with van der Waals surface area (Å²) in [6, 6.07) is 4.78. The molecule has 1 N–H and O–H groups in total. The van der Waals surface area contributed by atoms with Crippen LogP contribution in [0.2, 0.25) is 0 Å². The standard InChI is InChI=1S/C16H23FN2O2/c1-11-12(6-5-7-13(11)17)14-10-18-8-9-19(14)15(20)21-16(2,3)4/h5-7,14,18H,8-10H2,1-4H3. The highest BCUT2D eigenvalue weighted by molar-refractivity contribution is 5.69. The summed E-state index contributed by atoms with van der Waals surface area (Å²) in [5.74, 6) is -0.248. The van der Waals surface area contributed by atoms with Crippen LogP contribution in [0.15, 0.2) is 18.2 Å². The predicted octanol–water partition coefficient (Wildman–Crippen LogP) is 3.02. The van der Waals surface area contributed by atoms with Gasteiger partial charge in [0.05, 0.1) is 6.04 Å². The maximum Gasteiger partial charge on any atom is 0.410 e. The molecule has 1 fully saturated rings. The average Bonchev–Trinajstić information content (AvgIpc) is 2.40. The first-order valence-corrected chi connectivity index (χ1v) is 7.25. The number of amides is 1. The van der Waals surface area contributed by atoms with Gasteiger partial charge in [0.2, 0.25) is 0 Å². The quantitative estimate of drug-likeness (QED) is 0.865. The summed E-state index contributed by atoms with van der Waals surface area (Å²) >= 11 is 0. The van der Waals surface area contributed by atoms with E-state index < -0.39 is 5.60 Å². The van der Waals surface area contributed by atoms with Crippen molar-refractivity contribution in [1.29, 1.82) is 0 Å². The Bertz CT molecular complexity index is 525. The molecule has 1 amide bonds. The summed E-state index contributed by atoms with van der Waals surface area (Å²) in [7, 11) is 0. The van der Waals surface area contributed by atoms with Gasteiger partial charge in [0.1, 0.15) is 11.4 Å². The topological polar surface area (TPSA) is 41.6 Å². The summed E-state index contributed by atoms with van der Waals surface area (Å²) in [4.78, 5) is 14.1. The summed E-state index contributed by atoms with van der Waals surface area (Å²) in [5, 5.41) is 3.26. The third kappa shape index (κ3) is 3.73. The fraction of sp³-hybridized carbons (Fsp3) is 0.562. The van der Waals surface area contributed by atoms with Crippen molar-refractivity contribution in [3.63, 3.8) is 0 Å². The molecule has 0 bridgehead atoms. The van der Waals surface area contributed by atoms with Crippen LogP contribution in [0.4, 0.5) is 9.18 Å². The number of carbonyl (C=O) groups excluding carboxylic acids is 1. The van der Waals surface area contributed by atoms with Crippen LogP contribution in [0.25, 0.3) is 0 Å². The number of piperazine rings is 1. The van der Waals surface area contributed by atoms with Gasteiger partial charge in [-0.1, -0.05) is 12.1 Å². The number of halogens is 1. The molecule has 1 aromatic rings. The van der Waals surface area contributed by atoms with E-state index in [9.17, 15) is 9.18 Å². The molecule has 1 unspecified atom stereocenters. The molecule has 116 valence electrons. The van der Waals surface area contributed by atoms with Crippen LogP contribution in [0.3, 0.4) is 0 Å². The normalized spacial score (nSPS) is 19.5. The van der Waals surface area contributed by atoms with E-state index in [0.717, 1.165) is 5.56 Å². The fourth-order valence-corrected chi connectivity index (χ4v) is 2.51. The summed E-state index contributed by atoms with van der Waals surface area (Å²) in [6.45, 7) is 9.14. The Morgan fingerprint density at radius 2 is 2.14 bits per heavy atom. The number of nitrogens with one attached hydrogen (secondary N) is 1. The van der Waals surface area contributed by atoms with Crippen LogP contribution < -0.4 is 5.32 Å². The van der Waals surface area contributed by atoms with Gasteiger partial charge in [-0.25, -0.2) is 9.18 Å². The van der Waals surface area contributed by atoms with E-state index in [1.54, 1.807) is 17.9 Å². The molecule has 0 aromatic heterocycles. The number of benzene rings is 1. The lowest BCUT2D eigenvalue weighted by molar-refractivity contribution is 0.0117. The van der Waals surface area contributed by atoms with E-state index in [4.69, 9.17) is 4.74 Å². The van der Waals surface area contributed by atoms with Crippen molar-refractivity contribution in [1.82, 2.24) is 10.2 Å². The van der Waals surface area contributed by atoms with Gasteiger partial charge in [-0.2, -0.15) is 0 Å². The molecule has 0 spiro atoms. The molecule has 21 heavy (non-hydrogen) atoms. The highest BCUT2D eigenvalue weighted by Gasteiger charge is 2.32. The van der Waals surface area contributed by atoms with Crippen molar-refractivity contribution < 1.29 is 13.9 Å². The smallest absolute Gasteiger partial charge is 0.410 e. The largest absolute Gasteiger partial charge is 0.444 e. The first kappa shape index (κ1) is 15.8. The predicted molar refractivity (Wildman–Crippen MR) is 79.7 cm³/mol. The van der Waals surface area contributed by atoms with Gasteiger partial charge in [0, 0.05) is 19.6 Å². The molecule has 1 atom stereocenters. The van der Waals surface area contributed by atoms with Gasteiger partial charge in [-0.3, -0.25) is 4.90 Å². The SMILES string of the molecule is Cc1c(F)cccc1C1CNCCN1C(=O)OC(C)(C)C. The minimum atomic E-state index is -0.538. The molecule has 4 nitrogen and oxygen atoms in total. The second-order valence-corrected chi connectivity index (χ2v) is 6.35. The molecular weight excluding hydrogens is 271 g/mol. The summed E-state index contributed by atoms with van der Waals surface area (Å²) in [5.41, 5.74) is 0.872. The van der Waals surface area contributed by atoms with Gasteiger partial charge >= 0.3 is 6.09 Å². The van der Waals surface area contributed by atoms with Crippen molar-refractivity contribution in [3.8, 4) is 0 Å². The molecule has 1 heterocycles. The molecule has 1 saturated heterocycles. The number of hydrogen-bond acceptors (Lipinski definition) is 3. The number of carbonyl (C=O) groups is 1. The third-order valence-corrected chi connectivity index (χ3v) is 3.54. The number of hydrogen-bond donors (Lipinski definition) is 1. The van der Waals surface area contributed by atoms with E-state index in [1.807, 2.05) is 26.8 Å².